The third-order valence-electron chi connectivity index (χ3n) is 6.01. The predicted octanol–water partition coefficient (Wildman–Crippen LogP) is 6.46. The number of anilines is 3. The Morgan fingerprint density at radius 2 is 0.818 bits per heavy atom. The molecule has 2 N–H and O–H groups in total. The minimum Gasteiger partial charge on any atom is -0.396 e. The maximum Gasteiger partial charge on any atom is 0.0471 e. The largest absolute Gasteiger partial charge is 0.396 e. The fourth-order valence-corrected chi connectivity index (χ4v) is 4.06. The lowest BCUT2D eigenvalue weighted by Gasteiger charge is -2.26. The summed E-state index contributed by atoms with van der Waals surface area (Å²) < 4.78 is 0. The van der Waals surface area contributed by atoms with Gasteiger partial charge in [0, 0.05) is 30.3 Å². The molecular weight excluding hydrogens is 406 g/mol. The minimum absolute atomic E-state index is 0.149. The van der Waals surface area contributed by atoms with E-state index in [2.05, 4.69) is 109 Å². The number of nitrogens with zero attached hydrogens (tertiary/aromatic N) is 1. The Hall–Kier alpha value is -3.40. The highest BCUT2D eigenvalue weighted by molar-refractivity contribution is 5.78. The first-order valence-corrected chi connectivity index (χ1v) is 11.6. The average molecular weight is 438 g/mol. The number of benzene rings is 4. The van der Waals surface area contributed by atoms with Crippen LogP contribution in [0.15, 0.2) is 97.1 Å². The summed E-state index contributed by atoms with van der Waals surface area (Å²) in [6, 6.07) is 34.1. The van der Waals surface area contributed by atoms with Crippen LogP contribution in [0.1, 0.15) is 23.6 Å². The summed E-state index contributed by atoms with van der Waals surface area (Å²) in [5.41, 5.74) is 9.18. The molecule has 0 heterocycles. The van der Waals surface area contributed by atoms with Crippen molar-refractivity contribution < 1.29 is 10.2 Å². The van der Waals surface area contributed by atoms with Gasteiger partial charge in [-0.3, -0.25) is 0 Å². The van der Waals surface area contributed by atoms with E-state index in [1.807, 2.05) is 0 Å². The van der Waals surface area contributed by atoms with Gasteiger partial charge in [-0.25, -0.2) is 0 Å². The molecule has 4 aromatic rings. The Labute approximate surface area is 196 Å². The highest BCUT2D eigenvalue weighted by Gasteiger charge is 2.13. The summed E-state index contributed by atoms with van der Waals surface area (Å²) in [6.45, 7) is 2.47. The zero-order valence-electron chi connectivity index (χ0n) is 19.1. The second kappa shape index (κ2) is 11.0. The molecule has 0 atom stereocenters. The van der Waals surface area contributed by atoms with Crippen molar-refractivity contribution in [3.63, 3.8) is 0 Å². The van der Waals surface area contributed by atoms with E-state index in [1.165, 1.54) is 16.7 Å². The molecule has 4 aromatic carbocycles. The van der Waals surface area contributed by atoms with Crippen molar-refractivity contribution in [2.75, 3.05) is 18.1 Å². The van der Waals surface area contributed by atoms with Crippen LogP contribution < -0.4 is 4.90 Å². The van der Waals surface area contributed by atoms with Crippen molar-refractivity contribution in [3.05, 3.63) is 114 Å². The lowest BCUT2D eigenvalue weighted by molar-refractivity contribution is 0.299. The van der Waals surface area contributed by atoms with Gasteiger partial charge in [0.1, 0.15) is 0 Å². The van der Waals surface area contributed by atoms with E-state index in [9.17, 15) is 10.2 Å². The number of hydrogen-bond acceptors (Lipinski definition) is 3. The maximum atomic E-state index is 9.24. The quantitative estimate of drug-likeness (QED) is 0.316. The molecule has 0 aliphatic carbocycles. The molecule has 0 saturated carbocycles. The predicted molar refractivity (Wildman–Crippen MR) is 138 cm³/mol. The van der Waals surface area contributed by atoms with Crippen LogP contribution in [0.4, 0.5) is 17.1 Å². The fraction of sp³-hybridized carbons (Fsp3) is 0.200. The molecule has 0 bridgehead atoms. The first kappa shape index (κ1) is 22.8. The molecule has 0 saturated heterocycles. The van der Waals surface area contributed by atoms with E-state index in [0.29, 0.717) is 12.8 Å². The SMILES string of the molecule is CCc1ccc(-c2ccc(N(c3ccc(CCO)cc3)c3ccc(CCO)cc3)cc2)cc1. The van der Waals surface area contributed by atoms with Crippen LogP contribution in [0.3, 0.4) is 0 Å². The highest BCUT2D eigenvalue weighted by Crippen LogP contribution is 2.36. The lowest BCUT2D eigenvalue weighted by Crippen LogP contribution is -2.10. The van der Waals surface area contributed by atoms with Gasteiger partial charge in [0.25, 0.3) is 0 Å². The minimum atomic E-state index is 0.149. The molecule has 4 rings (SSSR count). The van der Waals surface area contributed by atoms with E-state index in [0.717, 1.165) is 34.6 Å². The van der Waals surface area contributed by atoms with Gasteiger partial charge in [-0.05, 0) is 83.5 Å². The van der Waals surface area contributed by atoms with Crippen molar-refractivity contribution in [1.82, 2.24) is 0 Å². The maximum absolute atomic E-state index is 9.24. The number of aliphatic hydroxyl groups excluding tert-OH is 2. The molecule has 0 spiro atoms. The van der Waals surface area contributed by atoms with E-state index < -0.39 is 0 Å². The molecule has 0 radical (unpaired) electrons. The molecule has 0 amide bonds. The van der Waals surface area contributed by atoms with Crippen LogP contribution in [0.2, 0.25) is 0 Å². The zero-order chi connectivity index (χ0) is 23.0. The molecule has 33 heavy (non-hydrogen) atoms. The number of rotatable bonds is 9. The summed E-state index contributed by atoms with van der Waals surface area (Å²) in [7, 11) is 0. The van der Waals surface area contributed by atoms with Crippen molar-refractivity contribution in [3.8, 4) is 11.1 Å². The molecule has 3 heteroatoms. The highest BCUT2D eigenvalue weighted by atomic mass is 16.3. The molecule has 0 fully saturated rings. The molecular formula is C30H31NO2. The van der Waals surface area contributed by atoms with E-state index in [1.54, 1.807) is 0 Å². The molecule has 0 unspecified atom stereocenters. The Bertz CT molecular complexity index is 1080. The van der Waals surface area contributed by atoms with Crippen molar-refractivity contribution in [1.29, 1.82) is 0 Å². The monoisotopic (exact) mass is 437 g/mol. The smallest absolute Gasteiger partial charge is 0.0471 e. The fourth-order valence-electron chi connectivity index (χ4n) is 4.06. The van der Waals surface area contributed by atoms with Crippen LogP contribution >= 0.6 is 0 Å². The van der Waals surface area contributed by atoms with Gasteiger partial charge >= 0.3 is 0 Å². The standard InChI is InChI=1S/C30H31NO2/c1-2-23-3-9-26(10-4-23)27-11-17-30(18-12-27)31(28-13-5-24(6-14-28)19-21-32)29-15-7-25(8-16-29)20-22-33/h3-18,32-33H,2,19-22H2,1H3. The third-order valence-corrected chi connectivity index (χ3v) is 6.01. The van der Waals surface area contributed by atoms with Crippen LogP contribution in [0, 0.1) is 0 Å². The first-order chi connectivity index (χ1) is 16.2. The zero-order valence-corrected chi connectivity index (χ0v) is 19.1. The van der Waals surface area contributed by atoms with E-state index >= 15 is 0 Å². The molecule has 168 valence electrons. The van der Waals surface area contributed by atoms with Crippen molar-refractivity contribution in [2.45, 2.75) is 26.2 Å². The molecule has 0 aromatic heterocycles. The first-order valence-electron chi connectivity index (χ1n) is 11.6. The van der Waals surface area contributed by atoms with Crippen LogP contribution in [-0.4, -0.2) is 23.4 Å². The molecule has 0 aliphatic heterocycles. The summed E-state index contributed by atoms with van der Waals surface area (Å²) in [4.78, 5) is 2.23. The topological polar surface area (TPSA) is 43.7 Å². The van der Waals surface area contributed by atoms with Gasteiger partial charge in [-0.2, -0.15) is 0 Å². The van der Waals surface area contributed by atoms with Gasteiger partial charge in [0.05, 0.1) is 0 Å². The van der Waals surface area contributed by atoms with Gasteiger partial charge in [-0.1, -0.05) is 67.6 Å². The third kappa shape index (κ3) is 5.51. The number of aliphatic hydroxyl groups is 2. The summed E-state index contributed by atoms with van der Waals surface area (Å²) >= 11 is 0. The van der Waals surface area contributed by atoms with Gasteiger partial charge in [-0.15, -0.1) is 0 Å². The van der Waals surface area contributed by atoms with Crippen LogP contribution in [-0.2, 0) is 19.3 Å². The molecule has 3 nitrogen and oxygen atoms in total. The number of aryl methyl sites for hydroxylation is 1. The average Bonchev–Trinajstić information content (AvgIpc) is 2.87. The summed E-state index contributed by atoms with van der Waals surface area (Å²) in [6.07, 6.45) is 2.35. The van der Waals surface area contributed by atoms with Crippen LogP contribution in [0.25, 0.3) is 11.1 Å². The Morgan fingerprint density at radius 1 is 0.485 bits per heavy atom. The van der Waals surface area contributed by atoms with Gasteiger partial charge in [0.2, 0.25) is 0 Å². The van der Waals surface area contributed by atoms with Gasteiger partial charge < -0.3 is 15.1 Å². The Morgan fingerprint density at radius 3 is 1.18 bits per heavy atom. The lowest BCUT2D eigenvalue weighted by atomic mass is 10.0. The summed E-state index contributed by atoms with van der Waals surface area (Å²) in [5, 5.41) is 18.5. The van der Waals surface area contributed by atoms with Crippen molar-refractivity contribution >= 4 is 17.1 Å². The van der Waals surface area contributed by atoms with E-state index in [-0.39, 0.29) is 13.2 Å². The normalized spacial score (nSPS) is 10.9. The Balaban J connectivity index is 1.68. The van der Waals surface area contributed by atoms with E-state index in [4.69, 9.17) is 0 Å². The number of hydrogen-bond donors (Lipinski definition) is 2. The van der Waals surface area contributed by atoms with Crippen LogP contribution in [0.5, 0.6) is 0 Å². The van der Waals surface area contributed by atoms with Crippen molar-refractivity contribution in [2.24, 2.45) is 0 Å². The molecule has 0 aliphatic rings. The summed E-state index contributed by atoms with van der Waals surface area (Å²) in [5.74, 6) is 0. The second-order valence-electron chi connectivity index (χ2n) is 8.21. The second-order valence-corrected chi connectivity index (χ2v) is 8.21. The Kier molecular flexibility index (Phi) is 7.56. The van der Waals surface area contributed by atoms with Gasteiger partial charge in [0.15, 0.2) is 0 Å².